The topological polar surface area (TPSA) is 65.1 Å². The lowest BCUT2D eigenvalue weighted by molar-refractivity contribution is -0.117. The van der Waals surface area contributed by atoms with Gasteiger partial charge in [-0.1, -0.05) is 6.07 Å². The number of ether oxygens (including phenoxy) is 1. The van der Waals surface area contributed by atoms with Gasteiger partial charge in [-0.05, 0) is 36.4 Å². The monoisotopic (exact) mass is 412 g/mol. The largest absolute Gasteiger partial charge is 0.497 e. The van der Waals surface area contributed by atoms with Crippen molar-refractivity contribution < 1.29 is 18.7 Å². The highest BCUT2D eigenvalue weighted by Crippen LogP contribution is 2.25. The zero-order valence-electron chi connectivity index (χ0n) is 16.9. The summed E-state index contributed by atoms with van der Waals surface area (Å²) in [5, 5.41) is 2.99. The van der Waals surface area contributed by atoms with E-state index in [1.807, 2.05) is 24.3 Å². The number of hydrogen-bond donors (Lipinski definition) is 1. The van der Waals surface area contributed by atoms with Crippen LogP contribution in [0.15, 0.2) is 48.5 Å². The van der Waals surface area contributed by atoms with Gasteiger partial charge in [0.2, 0.25) is 5.91 Å². The Bertz CT molecular complexity index is 913. The van der Waals surface area contributed by atoms with Gasteiger partial charge < -0.3 is 24.8 Å². The van der Waals surface area contributed by atoms with E-state index in [0.29, 0.717) is 38.5 Å². The number of carbonyl (C=O) groups excluding carboxylic acids is 2. The first-order valence-corrected chi connectivity index (χ1v) is 10.0. The summed E-state index contributed by atoms with van der Waals surface area (Å²) in [5.74, 6) is 0.410. The number of amides is 3. The molecule has 2 fully saturated rings. The molecule has 2 aliphatic rings. The van der Waals surface area contributed by atoms with Crippen LogP contribution in [0.4, 0.5) is 20.6 Å². The van der Waals surface area contributed by atoms with Crippen LogP contribution >= 0.6 is 0 Å². The Hall–Kier alpha value is -3.29. The molecule has 2 heterocycles. The van der Waals surface area contributed by atoms with Gasteiger partial charge in [0.05, 0.1) is 13.2 Å². The van der Waals surface area contributed by atoms with Crippen molar-refractivity contribution in [1.82, 2.24) is 10.2 Å². The molecule has 1 N–H and O–H groups in total. The van der Waals surface area contributed by atoms with E-state index in [9.17, 15) is 14.0 Å². The van der Waals surface area contributed by atoms with Crippen LogP contribution in [-0.2, 0) is 4.79 Å². The summed E-state index contributed by atoms with van der Waals surface area (Å²) in [6, 6.07) is 13.4. The number of anilines is 2. The van der Waals surface area contributed by atoms with Gasteiger partial charge in [0.1, 0.15) is 11.6 Å². The van der Waals surface area contributed by atoms with E-state index in [2.05, 4.69) is 10.2 Å². The Kier molecular flexibility index (Phi) is 5.74. The highest BCUT2D eigenvalue weighted by molar-refractivity contribution is 5.97. The average Bonchev–Trinajstić information content (AvgIpc) is 3.14. The van der Waals surface area contributed by atoms with Crippen LogP contribution in [0, 0.1) is 5.82 Å². The van der Waals surface area contributed by atoms with Gasteiger partial charge >= 0.3 is 6.03 Å². The molecule has 4 rings (SSSR count). The highest BCUT2D eigenvalue weighted by Gasteiger charge is 2.33. The molecule has 0 saturated carbocycles. The predicted octanol–water partition coefficient (Wildman–Crippen LogP) is 2.47. The van der Waals surface area contributed by atoms with Crippen LogP contribution in [0.5, 0.6) is 5.75 Å². The first-order valence-electron chi connectivity index (χ1n) is 10.0. The fraction of sp³-hybridized carbons (Fsp3) is 0.364. The van der Waals surface area contributed by atoms with E-state index in [1.165, 1.54) is 12.1 Å². The maximum absolute atomic E-state index is 13.1. The summed E-state index contributed by atoms with van der Waals surface area (Å²) < 4.78 is 18.3. The number of piperazine rings is 1. The highest BCUT2D eigenvalue weighted by atomic mass is 19.1. The molecule has 2 aromatic rings. The minimum Gasteiger partial charge on any atom is -0.497 e. The molecule has 158 valence electrons. The fourth-order valence-corrected chi connectivity index (χ4v) is 3.92. The molecular weight excluding hydrogens is 387 g/mol. The lowest BCUT2D eigenvalue weighted by Gasteiger charge is -2.36. The Balaban J connectivity index is 1.30. The van der Waals surface area contributed by atoms with Crippen molar-refractivity contribution >= 4 is 23.3 Å². The number of benzene rings is 2. The normalized spacial score (nSPS) is 19.2. The van der Waals surface area contributed by atoms with Crippen LogP contribution in [0.3, 0.4) is 0 Å². The smallest absolute Gasteiger partial charge is 0.317 e. The van der Waals surface area contributed by atoms with Crippen molar-refractivity contribution in [3.8, 4) is 5.75 Å². The second kappa shape index (κ2) is 8.61. The lowest BCUT2D eigenvalue weighted by Crippen LogP contribution is -2.53. The van der Waals surface area contributed by atoms with Gasteiger partial charge in [-0.15, -0.1) is 0 Å². The molecule has 0 bridgehead atoms. The van der Waals surface area contributed by atoms with Crippen molar-refractivity contribution in [2.75, 3.05) is 49.6 Å². The molecule has 30 heavy (non-hydrogen) atoms. The van der Waals surface area contributed by atoms with Crippen LogP contribution in [0.25, 0.3) is 0 Å². The number of methoxy groups -OCH3 is 1. The summed E-state index contributed by atoms with van der Waals surface area (Å²) in [6.45, 7) is 2.94. The third kappa shape index (κ3) is 4.32. The first-order chi connectivity index (χ1) is 14.5. The van der Waals surface area contributed by atoms with E-state index < -0.39 is 0 Å². The second-order valence-electron chi connectivity index (χ2n) is 7.51. The Labute approximate surface area is 175 Å². The van der Waals surface area contributed by atoms with E-state index in [1.54, 1.807) is 29.0 Å². The second-order valence-corrected chi connectivity index (χ2v) is 7.51. The quantitative estimate of drug-likeness (QED) is 0.838. The van der Waals surface area contributed by atoms with Crippen molar-refractivity contribution in [3.63, 3.8) is 0 Å². The number of urea groups is 1. The number of hydrogen-bond acceptors (Lipinski definition) is 4. The zero-order chi connectivity index (χ0) is 21.1. The van der Waals surface area contributed by atoms with E-state index in [0.717, 1.165) is 11.4 Å². The number of nitrogens with zero attached hydrogens (tertiary/aromatic N) is 3. The molecule has 8 heteroatoms. The number of carbonyl (C=O) groups is 2. The van der Waals surface area contributed by atoms with Crippen molar-refractivity contribution in [3.05, 3.63) is 54.3 Å². The van der Waals surface area contributed by atoms with Crippen LogP contribution in [0.1, 0.15) is 6.42 Å². The number of halogens is 1. The van der Waals surface area contributed by atoms with Gasteiger partial charge in [-0.25, -0.2) is 9.18 Å². The molecule has 1 atom stereocenters. The van der Waals surface area contributed by atoms with Crippen LogP contribution in [0.2, 0.25) is 0 Å². The predicted molar refractivity (Wildman–Crippen MR) is 112 cm³/mol. The summed E-state index contributed by atoms with van der Waals surface area (Å²) in [6.07, 6.45) is 0.276. The minimum absolute atomic E-state index is 0.0188. The molecule has 3 amide bonds. The van der Waals surface area contributed by atoms with Gasteiger partial charge in [0, 0.05) is 56.6 Å². The Morgan fingerprint density at radius 1 is 1.07 bits per heavy atom. The first kappa shape index (κ1) is 20.0. The SMILES string of the molecule is COc1cccc(N2C[C@@H](NC(=O)N3CCN(c4ccc(F)cc4)CC3)CC2=O)c1. The third-order valence-electron chi connectivity index (χ3n) is 5.58. The van der Waals surface area contributed by atoms with E-state index >= 15 is 0 Å². The zero-order valence-corrected chi connectivity index (χ0v) is 16.9. The van der Waals surface area contributed by atoms with Crippen molar-refractivity contribution in [2.45, 2.75) is 12.5 Å². The molecular formula is C22H25FN4O3. The average molecular weight is 412 g/mol. The molecule has 2 aliphatic heterocycles. The molecule has 2 saturated heterocycles. The summed E-state index contributed by atoms with van der Waals surface area (Å²) >= 11 is 0. The van der Waals surface area contributed by atoms with Gasteiger partial charge in [0.25, 0.3) is 0 Å². The molecule has 2 aromatic carbocycles. The summed E-state index contributed by atoms with van der Waals surface area (Å²) in [7, 11) is 1.59. The number of nitrogens with one attached hydrogen (secondary N) is 1. The minimum atomic E-state index is -0.258. The van der Waals surface area contributed by atoms with Crippen LogP contribution in [-0.4, -0.2) is 62.7 Å². The molecule has 0 aliphatic carbocycles. The summed E-state index contributed by atoms with van der Waals surface area (Å²) in [5.41, 5.74) is 1.72. The molecule has 0 radical (unpaired) electrons. The number of rotatable bonds is 4. The fourth-order valence-electron chi connectivity index (χ4n) is 3.92. The van der Waals surface area contributed by atoms with E-state index in [-0.39, 0.29) is 30.2 Å². The lowest BCUT2D eigenvalue weighted by atomic mass is 10.2. The van der Waals surface area contributed by atoms with Gasteiger partial charge in [0.15, 0.2) is 0 Å². The van der Waals surface area contributed by atoms with Crippen molar-refractivity contribution in [2.24, 2.45) is 0 Å². The third-order valence-corrected chi connectivity index (χ3v) is 5.58. The van der Waals surface area contributed by atoms with Crippen LogP contribution < -0.4 is 19.9 Å². The molecule has 0 unspecified atom stereocenters. The Morgan fingerprint density at radius 3 is 2.50 bits per heavy atom. The molecule has 0 aromatic heterocycles. The maximum atomic E-state index is 13.1. The molecule has 7 nitrogen and oxygen atoms in total. The molecule has 0 spiro atoms. The van der Waals surface area contributed by atoms with E-state index in [4.69, 9.17) is 4.74 Å². The summed E-state index contributed by atoms with van der Waals surface area (Å²) in [4.78, 5) is 30.7. The van der Waals surface area contributed by atoms with Gasteiger partial charge in [-0.2, -0.15) is 0 Å². The van der Waals surface area contributed by atoms with Crippen molar-refractivity contribution in [1.29, 1.82) is 0 Å². The van der Waals surface area contributed by atoms with Gasteiger partial charge in [-0.3, -0.25) is 4.79 Å². The Morgan fingerprint density at radius 2 is 1.80 bits per heavy atom. The standard InChI is InChI=1S/C22H25FN4O3/c1-30-20-4-2-3-19(14-20)27-15-17(13-21(27)28)24-22(29)26-11-9-25(10-12-26)18-7-5-16(23)6-8-18/h2-8,14,17H,9-13,15H2,1H3,(H,24,29)/t17-/m0/s1. The maximum Gasteiger partial charge on any atom is 0.317 e.